The monoisotopic (exact) mass is 408 g/mol. The van der Waals surface area contributed by atoms with Crippen molar-refractivity contribution in [3.05, 3.63) is 65.7 Å². The maximum absolute atomic E-state index is 13.5. The molecule has 2 aromatic carbocycles. The van der Waals surface area contributed by atoms with Crippen molar-refractivity contribution in [2.75, 3.05) is 33.4 Å². The van der Waals surface area contributed by atoms with E-state index in [4.69, 9.17) is 9.47 Å². The van der Waals surface area contributed by atoms with E-state index in [0.717, 1.165) is 56.6 Å². The van der Waals surface area contributed by atoms with Crippen LogP contribution in [0, 0.1) is 0 Å². The third kappa shape index (κ3) is 4.68. The normalized spacial score (nSPS) is 19.9. The summed E-state index contributed by atoms with van der Waals surface area (Å²) < 4.78 is 10.9. The highest BCUT2D eigenvalue weighted by atomic mass is 16.5. The molecule has 2 aromatic rings. The molecule has 0 bridgehead atoms. The number of methoxy groups -OCH3 is 1. The van der Waals surface area contributed by atoms with Gasteiger partial charge >= 0.3 is 0 Å². The molecule has 5 heteroatoms. The van der Waals surface area contributed by atoms with E-state index in [9.17, 15) is 4.79 Å². The highest BCUT2D eigenvalue weighted by molar-refractivity contribution is 5.88. The van der Waals surface area contributed by atoms with Gasteiger partial charge in [0.1, 0.15) is 5.75 Å². The second-order valence-electron chi connectivity index (χ2n) is 8.43. The van der Waals surface area contributed by atoms with Crippen LogP contribution in [0.5, 0.6) is 5.75 Å². The molecule has 2 aliphatic rings. The van der Waals surface area contributed by atoms with Crippen LogP contribution in [-0.2, 0) is 21.5 Å². The van der Waals surface area contributed by atoms with Crippen molar-refractivity contribution in [2.45, 2.75) is 43.7 Å². The van der Waals surface area contributed by atoms with Crippen LogP contribution in [0.2, 0.25) is 0 Å². The zero-order valence-electron chi connectivity index (χ0n) is 17.8. The lowest BCUT2D eigenvalue weighted by atomic mass is 9.73. The molecule has 0 atom stereocenters. The first-order valence-corrected chi connectivity index (χ1v) is 11.0. The molecule has 4 rings (SSSR count). The Morgan fingerprint density at radius 3 is 2.37 bits per heavy atom. The molecule has 0 saturated carbocycles. The van der Waals surface area contributed by atoms with Crippen LogP contribution in [0.4, 0.5) is 0 Å². The van der Waals surface area contributed by atoms with Crippen LogP contribution >= 0.6 is 0 Å². The topological polar surface area (TPSA) is 50.8 Å². The highest BCUT2D eigenvalue weighted by Gasteiger charge is 2.42. The lowest BCUT2D eigenvalue weighted by Gasteiger charge is -2.39. The number of hydrogen-bond donors (Lipinski definition) is 1. The van der Waals surface area contributed by atoms with Crippen molar-refractivity contribution in [2.24, 2.45) is 0 Å². The van der Waals surface area contributed by atoms with Gasteiger partial charge in [-0.1, -0.05) is 42.5 Å². The second-order valence-corrected chi connectivity index (χ2v) is 8.43. The largest absolute Gasteiger partial charge is 0.497 e. The van der Waals surface area contributed by atoms with Crippen molar-refractivity contribution in [3.8, 4) is 5.75 Å². The molecule has 2 saturated heterocycles. The molecule has 0 spiro atoms. The summed E-state index contributed by atoms with van der Waals surface area (Å²) in [7, 11) is 1.66. The number of piperidine rings is 1. The molecule has 160 valence electrons. The van der Waals surface area contributed by atoms with Crippen LogP contribution in [0.1, 0.15) is 36.8 Å². The molecule has 0 aliphatic carbocycles. The van der Waals surface area contributed by atoms with Gasteiger partial charge in [0, 0.05) is 38.9 Å². The number of carbonyl (C=O) groups is 1. The molecule has 0 aromatic heterocycles. The van der Waals surface area contributed by atoms with Crippen molar-refractivity contribution < 1.29 is 14.3 Å². The van der Waals surface area contributed by atoms with Crippen molar-refractivity contribution >= 4 is 5.91 Å². The summed E-state index contributed by atoms with van der Waals surface area (Å²) in [6, 6.07) is 18.8. The third-order valence-electron chi connectivity index (χ3n) is 6.60. The summed E-state index contributed by atoms with van der Waals surface area (Å²) in [4.78, 5) is 16.0. The SMILES string of the molecule is COc1ccc(C2(C(=O)NC3CCN(Cc4ccccc4)CC3)CCOCC2)cc1. The Morgan fingerprint density at radius 2 is 1.73 bits per heavy atom. The van der Waals surface area contributed by atoms with E-state index in [-0.39, 0.29) is 11.9 Å². The highest BCUT2D eigenvalue weighted by Crippen LogP contribution is 2.36. The van der Waals surface area contributed by atoms with Crippen LogP contribution in [0.3, 0.4) is 0 Å². The molecule has 30 heavy (non-hydrogen) atoms. The van der Waals surface area contributed by atoms with Crippen molar-refractivity contribution in [3.63, 3.8) is 0 Å². The van der Waals surface area contributed by atoms with E-state index in [1.807, 2.05) is 24.3 Å². The molecule has 2 fully saturated rings. The summed E-state index contributed by atoms with van der Waals surface area (Å²) in [5.41, 5.74) is 1.90. The Balaban J connectivity index is 1.38. The molecule has 0 unspecified atom stereocenters. The second kappa shape index (κ2) is 9.63. The Labute approximate surface area is 179 Å². The zero-order chi connectivity index (χ0) is 20.8. The van der Waals surface area contributed by atoms with Gasteiger partial charge in [0.15, 0.2) is 0 Å². The zero-order valence-corrected chi connectivity index (χ0v) is 17.8. The quantitative estimate of drug-likeness (QED) is 0.795. The predicted molar refractivity (Wildman–Crippen MR) is 118 cm³/mol. The average molecular weight is 409 g/mol. The smallest absolute Gasteiger partial charge is 0.231 e. The van der Waals surface area contributed by atoms with Crippen LogP contribution in [-0.4, -0.2) is 50.3 Å². The fourth-order valence-electron chi connectivity index (χ4n) is 4.68. The maximum Gasteiger partial charge on any atom is 0.231 e. The van der Waals surface area contributed by atoms with E-state index < -0.39 is 5.41 Å². The van der Waals surface area contributed by atoms with Gasteiger partial charge in [-0.3, -0.25) is 9.69 Å². The fraction of sp³-hybridized carbons (Fsp3) is 0.480. The Morgan fingerprint density at radius 1 is 1.07 bits per heavy atom. The number of ether oxygens (including phenoxy) is 2. The van der Waals surface area contributed by atoms with E-state index in [0.29, 0.717) is 13.2 Å². The first kappa shape index (κ1) is 20.9. The summed E-state index contributed by atoms with van der Waals surface area (Å²) in [6.45, 7) is 4.25. The fourth-order valence-corrected chi connectivity index (χ4v) is 4.68. The number of carbonyl (C=O) groups excluding carboxylic acids is 1. The number of hydrogen-bond acceptors (Lipinski definition) is 4. The molecular formula is C25H32N2O3. The van der Waals surface area contributed by atoms with Gasteiger partial charge in [0.25, 0.3) is 0 Å². The van der Waals surface area contributed by atoms with E-state index in [1.54, 1.807) is 7.11 Å². The molecule has 2 aliphatic heterocycles. The molecule has 5 nitrogen and oxygen atoms in total. The van der Waals surface area contributed by atoms with Gasteiger partial charge in [-0.05, 0) is 48.9 Å². The number of rotatable bonds is 6. The lowest BCUT2D eigenvalue weighted by Crippen LogP contribution is -2.53. The van der Waals surface area contributed by atoms with Crippen LogP contribution < -0.4 is 10.1 Å². The van der Waals surface area contributed by atoms with Gasteiger partial charge in [-0.15, -0.1) is 0 Å². The third-order valence-corrected chi connectivity index (χ3v) is 6.60. The Bertz CT molecular complexity index is 808. The van der Waals surface area contributed by atoms with Gasteiger partial charge in [0.2, 0.25) is 5.91 Å². The minimum Gasteiger partial charge on any atom is -0.497 e. The number of amides is 1. The molecular weight excluding hydrogens is 376 g/mol. The minimum atomic E-state index is -0.508. The van der Waals surface area contributed by atoms with Crippen LogP contribution in [0.15, 0.2) is 54.6 Å². The molecule has 1 amide bonds. The molecule has 2 heterocycles. The first-order chi connectivity index (χ1) is 14.7. The summed E-state index contributed by atoms with van der Waals surface area (Å²) >= 11 is 0. The summed E-state index contributed by atoms with van der Waals surface area (Å²) in [5, 5.41) is 3.39. The standard InChI is InChI=1S/C25H32N2O3/c1-29-23-9-7-21(8-10-23)25(13-17-30-18-14-25)24(28)26-22-11-15-27(16-12-22)19-20-5-3-2-4-6-20/h2-10,22H,11-19H2,1H3,(H,26,28). The molecule has 0 radical (unpaired) electrons. The molecule has 1 N–H and O–H groups in total. The Kier molecular flexibility index (Phi) is 6.70. The first-order valence-electron chi connectivity index (χ1n) is 11.0. The van der Waals surface area contributed by atoms with Gasteiger partial charge in [-0.25, -0.2) is 0 Å². The van der Waals surface area contributed by atoms with E-state index in [2.05, 4.69) is 40.5 Å². The number of nitrogens with one attached hydrogen (secondary N) is 1. The van der Waals surface area contributed by atoms with E-state index >= 15 is 0 Å². The van der Waals surface area contributed by atoms with Crippen molar-refractivity contribution in [1.82, 2.24) is 10.2 Å². The maximum atomic E-state index is 13.5. The van der Waals surface area contributed by atoms with Gasteiger partial charge < -0.3 is 14.8 Å². The average Bonchev–Trinajstić information content (AvgIpc) is 2.81. The van der Waals surface area contributed by atoms with Crippen molar-refractivity contribution in [1.29, 1.82) is 0 Å². The van der Waals surface area contributed by atoms with Gasteiger partial charge in [0.05, 0.1) is 12.5 Å². The Hall–Kier alpha value is -2.37. The number of nitrogens with zero attached hydrogens (tertiary/aromatic N) is 1. The van der Waals surface area contributed by atoms with Crippen LogP contribution in [0.25, 0.3) is 0 Å². The lowest BCUT2D eigenvalue weighted by molar-refractivity contribution is -0.131. The summed E-state index contributed by atoms with van der Waals surface area (Å²) in [5.74, 6) is 0.963. The minimum absolute atomic E-state index is 0.150. The predicted octanol–water partition coefficient (Wildman–Crippen LogP) is 3.52. The summed E-state index contributed by atoms with van der Waals surface area (Å²) in [6.07, 6.45) is 3.43. The van der Waals surface area contributed by atoms with Gasteiger partial charge in [-0.2, -0.15) is 0 Å². The van der Waals surface area contributed by atoms with E-state index in [1.165, 1.54) is 5.56 Å². The number of benzene rings is 2. The number of likely N-dealkylation sites (tertiary alicyclic amines) is 1.